The Bertz CT molecular complexity index is 420. The van der Waals surface area contributed by atoms with Crippen molar-refractivity contribution in [2.75, 3.05) is 6.54 Å². The summed E-state index contributed by atoms with van der Waals surface area (Å²) in [6.07, 6.45) is 2.54. The van der Waals surface area contributed by atoms with Gasteiger partial charge in [-0.2, -0.15) is 0 Å². The van der Waals surface area contributed by atoms with Crippen molar-refractivity contribution in [3.05, 3.63) is 33.7 Å². The Balaban J connectivity index is 2.40. The Hall–Kier alpha value is -1.62. The lowest BCUT2D eigenvalue weighted by Crippen LogP contribution is -2.35. The number of carboxylic acid groups (broad SMARTS) is 1. The molecule has 0 aliphatic carbocycles. The highest BCUT2D eigenvalue weighted by molar-refractivity contribution is 5.87. The Kier molecular flexibility index (Phi) is 2.09. The first-order valence-corrected chi connectivity index (χ1v) is 4.38. The molecule has 74 valence electrons. The maximum Gasteiger partial charge on any atom is 0.341 e. The normalized spacial score (nSPS) is 20.1. The van der Waals surface area contributed by atoms with Crippen LogP contribution in [0.15, 0.2) is 17.1 Å². The average molecular weight is 194 g/mol. The van der Waals surface area contributed by atoms with Gasteiger partial charge in [0.1, 0.15) is 5.56 Å². The van der Waals surface area contributed by atoms with Gasteiger partial charge in [0, 0.05) is 12.2 Å². The number of aromatic nitrogens is 1. The molecule has 1 aliphatic rings. The third-order valence-corrected chi connectivity index (χ3v) is 2.38. The highest BCUT2D eigenvalue weighted by Crippen LogP contribution is 2.21. The van der Waals surface area contributed by atoms with E-state index in [9.17, 15) is 9.59 Å². The Morgan fingerprint density at radius 1 is 1.57 bits per heavy atom. The van der Waals surface area contributed by atoms with Crippen LogP contribution < -0.4 is 10.9 Å². The minimum Gasteiger partial charge on any atom is -0.477 e. The molecule has 0 aromatic carbocycles. The van der Waals surface area contributed by atoms with Crippen molar-refractivity contribution in [2.24, 2.45) is 0 Å². The summed E-state index contributed by atoms with van der Waals surface area (Å²) in [5.74, 6) is -1.19. The summed E-state index contributed by atoms with van der Waals surface area (Å²) in [5, 5.41) is 11.9. The molecular weight excluding hydrogens is 184 g/mol. The summed E-state index contributed by atoms with van der Waals surface area (Å²) in [7, 11) is 0. The largest absolute Gasteiger partial charge is 0.477 e. The monoisotopic (exact) mass is 194 g/mol. The first kappa shape index (κ1) is 8.96. The van der Waals surface area contributed by atoms with E-state index in [0.29, 0.717) is 0 Å². The van der Waals surface area contributed by atoms with E-state index in [1.807, 2.05) is 0 Å². The molecule has 5 heteroatoms. The van der Waals surface area contributed by atoms with Gasteiger partial charge in [0.15, 0.2) is 0 Å². The fraction of sp³-hybridized carbons (Fsp3) is 0.333. The summed E-state index contributed by atoms with van der Waals surface area (Å²) < 4.78 is 0. The van der Waals surface area contributed by atoms with Gasteiger partial charge in [-0.1, -0.05) is 0 Å². The Labute approximate surface area is 79.8 Å². The smallest absolute Gasteiger partial charge is 0.341 e. The van der Waals surface area contributed by atoms with Crippen molar-refractivity contribution in [3.8, 4) is 0 Å². The molecule has 1 aromatic rings. The number of rotatable bonds is 2. The van der Waals surface area contributed by atoms with Crippen LogP contribution in [0, 0.1) is 0 Å². The Morgan fingerprint density at radius 3 is 2.79 bits per heavy atom. The highest BCUT2D eigenvalue weighted by atomic mass is 16.4. The first-order valence-electron chi connectivity index (χ1n) is 4.38. The minimum atomic E-state index is -1.19. The summed E-state index contributed by atoms with van der Waals surface area (Å²) >= 11 is 0. The van der Waals surface area contributed by atoms with Gasteiger partial charge in [0.05, 0.1) is 0 Å². The zero-order valence-electron chi connectivity index (χ0n) is 7.41. The Morgan fingerprint density at radius 2 is 2.29 bits per heavy atom. The number of aromatic carboxylic acids is 1. The van der Waals surface area contributed by atoms with Crippen LogP contribution in [0.1, 0.15) is 28.4 Å². The van der Waals surface area contributed by atoms with Crippen LogP contribution in [0.3, 0.4) is 0 Å². The van der Waals surface area contributed by atoms with Gasteiger partial charge in [0.2, 0.25) is 0 Å². The van der Waals surface area contributed by atoms with Crippen LogP contribution >= 0.6 is 0 Å². The van der Waals surface area contributed by atoms with Crippen LogP contribution in [0.25, 0.3) is 0 Å². The molecular formula is C9H10N2O3. The molecule has 1 unspecified atom stereocenters. The van der Waals surface area contributed by atoms with Gasteiger partial charge < -0.3 is 15.4 Å². The number of carbonyl (C=O) groups is 1. The third-order valence-electron chi connectivity index (χ3n) is 2.38. The summed E-state index contributed by atoms with van der Waals surface area (Å²) in [6.45, 7) is 0.937. The van der Waals surface area contributed by atoms with Gasteiger partial charge in [-0.25, -0.2) is 4.79 Å². The average Bonchev–Trinajstić information content (AvgIpc) is 2.04. The van der Waals surface area contributed by atoms with Gasteiger partial charge in [0.25, 0.3) is 5.56 Å². The third kappa shape index (κ3) is 1.42. The molecule has 2 heterocycles. The minimum absolute atomic E-state index is 0.185. The van der Waals surface area contributed by atoms with Gasteiger partial charge in [-0.05, 0) is 24.6 Å². The highest BCUT2D eigenvalue weighted by Gasteiger charge is 2.20. The number of nitrogens with one attached hydrogen (secondary N) is 2. The van der Waals surface area contributed by atoms with Gasteiger partial charge in [-0.3, -0.25) is 4.79 Å². The van der Waals surface area contributed by atoms with Crippen molar-refractivity contribution < 1.29 is 9.90 Å². The number of hydrogen-bond acceptors (Lipinski definition) is 3. The van der Waals surface area contributed by atoms with Gasteiger partial charge >= 0.3 is 5.97 Å². The molecule has 0 amide bonds. The fourth-order valence-corrected chi connectivity index (χ4v) is 1.43. The topological polar surface area (TPSA) is 82.2 Å². The van der Waals surface area contributed by atoms with Crippen molar-refractivity contribution in [3.63, 3.8) is 0 Å². The lowest BCUT2D eigenvalue weighted by atomic mass is 9.98. The maximum atomic E-state index is 11.1. The molecule has 0 saturated carbocycles. The molecule has 3 N–H and O–H groups in total. The molecule has 1 saturated heterocycles. The van der Waals surface area contributed by atoms with Crippen molar-refractivity contribution in [2.45, 2.75) is 12.5 Å². The number of hydrogen-bond donors (Lipinski definition) is 3. The molecule has 1 atom stereocenters. The number of H-pyrrole nitrogens is 1. The molecule has 14 heavy (non-hydrogen) atoms. The molecule has 1 aromatic heterocycles. The number of pyridine rings is 1. The van der Waals surface area contributed by atoms with E-state index in [0.717, 1.165) is 18.5 Å². The van der Waals surface area contributed by atoms with Crippen LogP contribution in [0.4, 0.5) is 0 Å². The zero-order valence-corrected chi connectivity index (χ0v) is 7.41. The lowest BCUT2D eigenvalue weighted by molar-refractivity contribution is 0.0694. The van der Waals surface area contributed by atoms with E-state index >= 15 is 0 Å². The number of aromatic amines is 1. The zero-order chi connectivity index (χ0) is 10.1. The fourth-order valence-electron chi connectivity index (χ4n) is 1.43. The van der Waals surface area contributed by atoms with Crippen molar-refractivity contribution in [1.29, 1.82) is 0 Å². The second kappa shape index (κ2) is 3.26. The predicted octanol–water partition coefficient (Wildman–Crippen LogP) is 0.108. The standard InChI is InChI=1S/C9H10N2O3/c12-8-6(9(13)14)3-5(4-11-8)7-1-2-10-7/h3-4,7,10H,1-2H2,(H,11,12)(H,13,14). The maximum absolute atomic E-state index is 11.1. The lowest BCUT2D eigenvalue weighted by Gasteiger charge is -2.27. The van der Waals surface area contributed by atoms with Crippen LogP contribution in [0.5, 0.6) is 0 Å². The van der Waals surface area contributed by atoms with E-state index in [-0.39, 0.29) is 11.6 Å². The molecule has 5 nitrogen and oxygen atoms in total. The summed E-state index contributed by atoms with van der Waals surface area (Å²) in [5.41, 5.74) is 0.0741. The van der Waals surface area contributed by atoms with E-state index in [2.05, 4.69) is 10.3 Å². The SMILES string of the molecule is O=C(O)c1cc(C2CCN2)c[nH]c1=O. The molecule has 0 radical (unpaired) electrons. The van der Waals surface area contributed by atoms with E-state index in [4.69, 9.17) is 5.11 Å². The quantitative estimate of drug-likeness (QED) is 0.624. The van der Waals surface area contributed by atoms with E-state index < -0.39 is 11.5 Å². The second-order valence-corrected chi connectivity index (χ2v) is 3.28. The van der Waals surface area contributed by atoms with Crippen molar-refractivity contribution >= 4 is 5.97 Å². The molecule has 2 rings (SSSR count). The predicted molar refractivity (Wildman–Crippen MR) is 49.4 cm³/mol. The first-order chi connectivity index (χ1) is 6.68. The molecule has 0 bridgehead atoms. The molecule has 1 fully saturated rings. The van der Waals surface area contributed by atoms with E-state index in [1.165, 1.54) is 6.07 Å². The second-order valence-electron chi connectivity index (χ2n) is 3.28. The summed E-state index contributed by atoms with van der Waals surface area (Å²) in [4.78, 5) is 24.2. The van der Waals surface area contributed by atoms with Crippen LogP contribution in [0.2, 0.25) is 0 Å². The summed E-state index contributed by atoms with van der Waals surface area (Å²) in [6, 6.07) is 1.61. The molecule has 0 spiro atoms. The van der Waals surface area contributed by atoms with E-state index in [1.54, 1.807) is 6.20 Å². The van der Waals surface area contributed by atoms with Gasteiger partial charge in [-0.15, -0.1) is 0 Å². The number of carboxylic acids is 1. The molecule has 1 aliphatic heterocycles. The van der Waals surface area contributed by atoms with Crippen molar-refractivity contribution in [1.82, 2.24) is 10.3 Å². The van der Waals surface area contributed by atoms with Crippen LogP contribution in [-0.4, -0.2) is 22.6 Å². The van der Waals surface area contributed by atoms with Crippen LogP contribution in [-0.2, 0) is 0 Å².